The molecule has 180 valence electrons. The van der Waals surface area contributed by atoms with E-state index >= 15 is 0 Å². The average Bonchev–Trinajstić information content (AvgIpc) is 3.31. The van der Waals surface area contributed by atoms with E-state index in [1.807, 2.05) is 47.3 Å². The van der Waals surface area contributed by atoms with E-state index in [1.165, 1.54) is 15.9 Å². The molecule has 0 radical (unpaired) electrons. The average molecular weight is 563 g/mol. The van der Waals surface area contributed by atoms with Gasteiger partial charge in [-0.2, -0.15) is 4.85 Å². The minimum absolute atomic E-state index is 0.838. The van der Waals surface area contributed by atoms with Crippen molar-refractivity contribution >= 4 is 61.3 Å². The lowest BCUT2D eigenvalue weighted by atomic mass is 10.2. The summed E-state index contributed by atoms with van der Waals surface area (Å²) in [5.41, 5.74) is 1.85. The highest BCUT2D eigenvalue weighted by Gasteiger charge is 2.29. The van der Waals surface area contributed by atoms with Crippen molar-refractivity contribution in [2.45, 2.75) is 0 Å². The molecule has 4 nitrogen and oxygen atoms in total. The number of halogens is 1. The molecule has 37 heavy (non-hydrogen) atoms. The van der Waals surface area contributed by atoms with Gasteiger partial charge in [0.25, 0.3) is 0 Å². The summed E-state index contributed by atoms with van der Waals surface area (Å²) in [4.78, 5) is 7.41. The van der Waals surface area contributed by atoms with Crippen molar-refractivity contribution < 1.29 is 0 Å². The fourth-order valence-electron chi connectivity index (χ4n) is 4.53. The van der Waals surface area contributed by atoms with E-state index in [0.717, 1.165) is 26.9 Å². The quantitative estimate of drug-likeness (QED) is 0.214. The summed E-state index contributed by atoms with van der Waals surface area (Å²) in [7, 11) is -2.49. The first-order valence-electron chi connectivity index (χ1n) is 12.0. The van der Waals surface area contributed by atoms with E-state index in [0.29, 0.717) is 0 Å². The molecule has 0 fully saturated rings. The first-order valence-corrected chi connectivity index (χ1v) is 14.6. The molecule has 0 atom stereocenters. The fourth-order valence-corrected chi connectivity index (χ4v) is 8.20. The second kappa shape index (κ2) is 10.2. The second-order valence-corrected chi connectivity index (χ2v) is 12.5. The van der Waals surface area contributed by atoms with Crippen molar-refractivity contribution in [1.82, 2.24) is 9.89 Å². The van der Waals surface area contributed by atoms with Gasteiger partial charge in [0, 0.05) is 31.5 Å². The maximum absolute atomic E-state index is 5.60. The molecular formula is C31H24BrN4P. The smallest absolute Gasteiger partial charge is 0.162 e. The standard InChI is InChI=1S/C31H24BrN4P/c32-24-20-22-25(23-21-24)33-31-29-18-10-11-19-30(29)34-36(31)35-37(26-12-4-1-5-13-26,27-14-6-2-7-15-27)28-16-8-3-9-17-28/h1-23,33H. The van der Waals surface area contributed by atoms with E-state index in [9.17, 15) is 0 Å². The Balaban J connectivity index is 1.69. The molecule has 0 saturated carbocycles. The van der Waals surface area contributed by atoms with E-state index in [4.69, 9.17) is 9.95 Å². The third kappa shape index (κ3) is 4.53. The Morgan fingerprint density at radius 2 is 1.08 bits per heavy atom. The van der Waals surface area contributed by atoms with E-state index in [1.54, 1.807) is 0 Å². The van der Waals surface area contributed by atoms with Gasteiger partial charge in [0.05, 0.1) is 12.6 Å². The molecule has 1 heterocycles. The molecule has 1 aromatic heterocycles. The van der Waals surface area contributed by atoms with E-state index in [-0.39, 0.29) is 0 Å². The predicted octanol–water partition coefficient (Wildman–Crippen LogP) is 7.48. The third-order valence-corrected chi connectivity index (χ3v) is 10.4. The van der Waals surface area contributed by atoms with Crippen molar-refractivity contribution in [3.8, 4) is 0 Å². The van der Waals surface area contributed by atoms with Crippen LogP contribution in [-0.4, -0.2) is 9.89 Å². The molecule has 0 aliphatic rings. The van der Waals surface area contributed by atoms with Crippen molar-refractivity contribution in [3.05, 3.63) is 144 Å². The molecule has 0 aliphatic heterocycles. The summed E-state index contributed by atoms with van der Waals surface area (Å²) in [6, 6.07) is 48.1. The van der Waals surface area contributed by atoms with Crippen LogP contribution in [-0.2, 0) is 0 Å². The van der Waals surface area contributed by atoms with Crippen molar-refractivity contribution in [2.24, 2.45) is 4.85 Å². The molecule has 0 saturated heterocycles. The lowest BCUT2D eigenvalue weighted by molar-refractivity contribution is 0.772. The summed E-state index contributed by atoms with van der Waals surface area (Å²) >= 11 is 3.54. The van der Waals surface area contributed by atoms with Gasteiger partial charge in [-0.1, -0.05) is 119 Å². The predicted molar refractivity (Wildman–Crippen MR) is 160 cm³/mol. The number of nitrogens with zero attached hydrogens (tertiary/aromatic N) is 3. The van der Waals surface area contributed by atoms with Crippen LogP contribution in [0.15, 0.2) is 149 Å². The highest BCUT2D eigenvalue weighted by molar-refractivity contribution is 9.10. The zero-order valence-corrected chi connectivity index (χ0v) is 22.4. The molecule has 6 aromatic rings. The lowest BCUT2D eigenvalue weighted by Crippen LogP contribution is -2.26. The van der Waals surface area contributed by atoms with Gasteiger partial charge in [-0.05, 0) is 36.4 Å². The van der Waals surface area contributed by atoms with Gasteiger partial charge in [-0.3, -0.25) is 0 Å². The number of nitrogens with one attached hydrogen (secondary N) is 1. The summed E-state index contributed by atoms with van der Waals surface area (Å²) in [6.45, 7) is 0. The summed E-state index contributed by atoms with van der Waals surface area (Å²) in [5, 5.41) is 13.1. The first-order chi connectivity index (χ1) is 18.2. The molecule has 6 rings (SSSR count). The molecule has 0 aliphatic carbocycles. The third-order valence-electron chi connectivity index (χ3n) is 6.28. The van der Waals surface area contributed by atoms with Crippen LogP contribution in [0.4, 0.5) is 11.5 Å². The Morgan fingerprint density at radius 1 is 0.595 bits per heavy atom. The van der Waals surface area contributed by atoms with E-state index < -0.39 is 7.05 Å². The van der Waals surface area contributed by atoms with Crippen molar-refractivity contribution in [3.63, 3.8) is 0 Å². The molecule has 0 amide bonds. The zero-order valence-electron chi connectivity index (χ0n) is 19.9. The van der Waals surface area contributed by atoms with E-state index in [2.05, 4.69) is 118 Å². The second-order valence-electron chi connectivity index (χ2n) is 8.62. The number of anilines is 2. The Morgan fingerprint density at radius 3 is 1.62 bits per heavy atom. The SMILES string of the molecule is Brc1ccc(Nc2c3ccccc3nn2N=P(c2ccccc2)(c2ccccc2)c2ccccc2)cc1. The van der Waals surface area contributed by atoms with Crippen LogP contribution in [0.1, 0.15) is 0 Å². The molecule has 0 unspecified atom stereocenters. The van der Waals surface area contributed by atoms with Crippen molar-refractivity contribution in [1.29, 1.82) is 0 Å². The highest BCUT2D eigenvalue weighted by atomic mass is 79.9. The Bertz CT molecular complexity index is 1590. The summed E-state index contributed by atoms with van der Waals surface area (Å²) in [5.74, 6) is 0.838. The van der Waals surface area contributed by atoms with Crippen molar-refractivity contribution in [2.75, 3.05) is 5.32 Å². The van der Waals surface area contributed by atoms with Gasteiger partial charge in [-0.15, -0.1) is 9.89 Å². The number of aromatic nitrogens is 2. The number of rotatable bonds is 6. The van der Waals surface area contributed by atoms with Gasteiger partial charge in [0.15, 0.2) is 5.82 Å². The van der Waals surface area contributed by atoms with Crippen LogP contribution in [0.5, 0.6) is 0 Å². The Labute approximate surface area is 224 Å². The Hall–Kier alpha value is -3.92. The van der Waals surface area contributed by atoms with Crippen LogP contribution in [0.25, 0.3) is 10.9 Å². The molecule has 0 spiro atoms. The first kappa shape index (κ1) is 23.5. The van der Waals surface area contributed by atoms with Crippen LogP contribution in [0.3, 0.4) is 0 Å². The Kier molecular flexibility index (Phi) is 6.48. The number of hydrogen-bond acceptors (Lipinski definition) is 3. The summed E-state index contributed by atoms with van der Waals surface area (Å²) in [6.07, 6.45) is 0. The van der Waals surface area contributed by atoms with Gasteiger partial charge in [0.2, 0.25) is 0 Å². The van der Waals surface area contributed by atoms with Crippen LogP contribution >= 0.6 is 23.0 Å². The van der Waals surface area contributed by atoms with Gasteiger partial charge < -0.3 is 5.32 Å². The molecule has 6 heteroatoms. The molecule has 1 N–H and O–H groups in total. The maximum Gasteiger partial charge on any atom is 0.162 e. The topological polar surface area (TPSA) is 42.2 Å². The monoisotopic (exact) mass is 562 g/mol. The maximum atomic E-state index is 5.60. The molecular weight excluding hydrogens is 539 g/mol. The zero-order chi connectivity index (χ0) is 25.1. The normalized spacial score (nSPS) is 11.4. The molecule has 0 bridgehead atoms. The van der Waals surface area contributed by atoms with Gasteiger partial charge in [0.1, 0.15) is 0 Å². The van der Waals surface area contributed by atoms with Gasteiger partial charge >= 0.3 is 0 Å². The highest BCUT2D eigenvalue weighted by Crippen LogP contribution is 2.47. The number of hydrogen-bond donors (Lipinski definition) is 1. The van der Waals surface area contributed by atoms with Gasteiger partial charge in [-0.25, -0.2) is 0 Å². The van der Waals surface area contributed by atoms with Crippen LogP contribution < -0.4 is 21.2 Å². The minimum atomic E-state index is -2.49. The molecule has 5 aromatic carbocycles. The van der Waals surface area contributed by atoms with Crippen LogP contribution in [0.2, 0.25) is 0 Å². The minimum Gasteiger partial charge on any atom is -0.338 e. The number of benzene rings is 5. The van der Waals surface area contributed by atoms with Crippen LogP contribution in [0, 0.1) is 0 Å². The summed E-state index contributed by atoms with van der Waals surface area (Å²) < 4.78 is 1.03. The largest absolute Gasteiger partial charge is 0.338 e. The fraction of sp³-hybridized carbons (Fsp3) is 0. The number of fused-ring (bicyclic) bond motifs is 1. The lowest BCUT2D eigenvalue weighted by Gasteiger charge is -2.26.